The van der Waals surface area contributed by atoms with Crippen molar-refractivity contribution in [3.8, 4) is 0 Å². The van der Waals surface area contributed by atoms with Crippen molar-refractivity contribution in [1.82, 2.24) is 14.8 Å². The molecule has 1 aromatic rings. The molecule has 5 rings (SSSR count). The normalized spacial score (nSPS) is 25.6. The fourth-order valence-corrected chi connectivity index (χ4v) is 5.78. The molecule has 2 heterocycles. The van der Waals surface area contributed by atoms with Gasteiger partial charge in [-0.3, -0.25) is 19.5 Å². The fraction of sp³-hybridized carbons (Fsp3) is 0.583. The van der Waals surface area contributed by atoms with Crippen molar-refractivity contribution in [1.29, 1.82) is 0 Å². The number of aromatic amines is 1. The van der Waals surface area contributed by atoms with Gasteiger partial charge in [0.15, 0.2) is 0 Å². The molecule has 4 aliphatic rings. The molecule has 0 atom stereocenters. The van der Waals surface area contributed by atoms with E-state index in [9.17, 15) is 19.5 Å². The molecule has 8 heteroatoms. The van der Waals surface area contributed by atoms with E-state index in [0.717, 1.165) is 51.4 Å². The third kappa shape index (κ3) is 3.11. The number of rotatable bonds is 3. The number of carbonyl (C=O) groups is 2. The van der Waals surface area contributed by atoms with Crippen molar-refractivity contribution in [2.75, 3.05) is 0 Å². The van der Waals surface area contributed by atoms with Gasteiger partial charge in [0, 0.05) is 12.6 Å². The van der Waals surface area contributed by atoms with E-state index in [1.807, 2.05) is 0 Å². The van der Waals surface area contributed by atoms with Crippen LogP contribution in [-0.4, -0.2) is 43.3 Å². The second-order valence-corrected chi connectivity index (χ2v) is 9.59. The van der Waals surface area contributed by atoms with E-state index in [2.05, 4.69) is 10.2 Å². The van der Waals surface area contributed by atoms with Gasteiger partial charge in [0.2, 0.25) is 11.5 Å². The highest BCUT2D eigenvalue weighted by molar-refractivity contribution is 6.43. The molecule has 0 radical (unpaired) electrons. The zero-order valence-corrected chi connectivity index (χ0v) is 18.8. The van der Waals surface area contributed by atoms with Crippen LogP contribution in [0.2, 0.25) is 0 Å². The highest BCUT2D eigenvalue weighted by Gasteiger charge is 2.48. The average Bonchev–Trinajstić information content (AvgIpc) is 3.26. The minimum Gasteiger partial charge on any atom is -0.506 e. The topological polar surface area (TPSA) is 109 Å². The zero-order chi connectivity index (χ0) is 22.6. The molecular weight excluding hydrogens is 408 g/mol. The second kappa shape index (κ2) is 7.90. The predicted octanol–water partition coefficient (Wildman–Crippen LogP) is 1.77. The van der Waals surface area contributed by atoms with Crippen LogP contribution in [0.15, 0.2) is 21.7 Å². The molecule has 32 heavy (non-hydrogen) atoms. The molecule has 1 aliphatic heterocycles. The van der Waals surface area contributed by atoms with Gasteiger partial charge in [-0.05, 0) is 32.6 Å². The molecular formula is C24H31N4O4+. The number of Topliss-reactive ketones (excluding diaryl/α,β-unsaturated/α-hetero) is 1. The van der Waals surface area contributed by atoms with Crippen molar-refractivity contribution in [2.24, 2.45) is 0 Å². The Bertz CT molecular complexity index is 1140. The molecule has 2 saturated carbocycles. The first-order valence-corrected chi connectivity index (χ1v) is 11.9. The van der Waals surface area contributed by atoms with Gasteiger partial charge in [-0.1, -0.05) is 38.5 Å². The van der Waals surface area contributed by atoms with Crippen molar-refractivity contribution in [2.45, 2.75) is 90.1 Å². The standard InChI is InChI=1S/C24H30N4O4/c1-13-17(23(31)27(25-13)15-9-5-3-6-10-15)19-21(29)20(22(19)30)18-14(2)26-28(24(18)32)16-11-7-4-8-12-16/h15-16,25,29H,3-12H2,1-2H3/p+1. The fourth-order valence-electron chi connectivity index (χ4n) is 5.78. The summed E-state index contributed by atoms with van der Waals surface area (Å²) in [7, 11) is 0. The van der Waals surface area contributed by atoms with Crippen LogP contribution in [0.4, 0.5) is 0 Å². The summed E-state index contributed by atoms with van der Waals surface area (Å²) in [5.74, 6) is -0.957. The second-order valence-electron chi connectivity index (χ2n) is 9.59. The molecule has 1 amide bonds. The van der Waals surface area contributed by atoms with E-state index in [4.69, 9.17) is 0 Å². The van der Waals surface area contributed by atoms with Crippen LogP contribution in [0.5, 0.6) is 0 Å². The summed E-state index contributed by atoms with van der Waals surface area (Å²) in [4.78, 5) is 39.5. The summed E-state index contributed by atoms with van der Waals surface area (Å²) in [5.41, 5.74) is 1.37. The number of aliphatic hydroxyl groups excluding tert-OH is 1. The molecule has 8 nitrogen and oxygen atoms in total. The van der Waals surface area contributed by atoms with Crippen LogP contribution in [0.3, 0.4) is 0 Å². The Morgan fingerprint density at radius 3 is 2.03 bits per heavy atom. The number of hydrazine groups is 1. The van der Waals surface area contributed by atoms with E-state index in [1.54, 1.807) is 23.5 Å². The SMILES string of the molecule is CC1=[NH+]N(C2CCCCC2)C(=O)C1=C1C(=O)C(c2c(C)[nH]n(C3CCCCC3)c2=O)=C1O. The van der Waals surface area contributed by atoms with E-state index in [0.29, 0.717) is 11.4 Å². The zero-order valence-electron chi connectivity index (χ0n) is 18.8. The summed E-state index contributed by atoms with van der Waals surface area (Å²) in [6, 6.07) is 0.194. The summed E-state index contributed by atoms with van der Waals surface area (Å²) < 4.78 is 1.62. The Hall–Kier alpha value is -2.90. The molecule has 1 aromatic heterocycles. The highest BCUT2D eigenvalue weighted by atomic mass is 16.3. The first-order chi connectivity index (χ1) is 15.4. The van der Waals surface area contributed by atoms with Gasteiger partial charge < -0.3 is 5.11 Å². The molecule has 170 valence electrons. The van der Waals surface area contributed by atoms with Crippen molar-refractivity contribution in [3.05, 3.63) is 38.5 Å². The monoisotopic (exact) mass is 439 g/mol. The molecule has 0 bridgehead atoms. The first-order valence-electron chi connectivity index (χ1n) is 11.9. The van der Waals surface area contributed by atoms with Crippen LogP contribution < -0.4 is 10.7 Å². The number of hydrogen-bond donors (Lipinski definition) is 3. The number of carbonyl (C=O) groups excluding carboxylic acids is 2. The number of aryl methyl sites for hydroxylation is 1. The lowest BCUT2D eigenvalue weighted by Gasteiger charge is -2.25. The summed E-state index contributed by atoms with van der Waals surface area (Å²) in [5, 5.41) is 18.7. The van der Waals surface area contributed by atoms with Gasteiger partial charge in [-0.2, -0.15) is 0 Å². The molecule has 3 N–H and O–H groups in total. The maximum absolute atomic E-state index is 13.2. The number of allylic oxidation sites excluding steroid dienone is 2. The van der Waals surface area contributed by atoms with Crippen LogP contribution in [0.25, 0.3) is 5.57 Å². The van der Waals surface area contributed by atoms with Crippen molar-refractivity contribution >= 4 is 23.0 Å². The van der Waals surface area contributed by atoms with E-state index in [1.165, 1.54) is 12.8 Å². The molecule has 0 unspecified atom stereocenters. The number of hydrazone groups is 1. The Morgan fingerprint density at radius 2 is 1.44 bits per heavy atom. The minimum absolute atomic E-state index is 0.0255. The summed E-state index contributed by atoms with van der Waals surface area (Å²) in [6.45, 7) is 3.50. The van der Waals surface area contributed by atoms with Gasteiger partial charge in [-0.15, -0.1) is 10.1 Å². The lowest BCUT2D eigenvalue weighted by molar-refractivity contribution is -0.626. The predicted molar refractivity (Wildman–Crippen MR) is 119 cm³/mol. The van der Waals surface area contributed by atoms with Gasteiger partial charge in [-0.25, -0.2) is 4.68 Å². The summed E-state index contributed by atoms with van der Waals surface area (Å²) in [6.07, 6.45) is 10.4. The van der Waals surface area contributed by atoms with Crippen molar-refractivity contribution in [3.63, 3.8) is 0 Å². The van der Waals surface area contributed by atoms with Crippen LogP contribution in [0, 0.1) is 6.92 Å². The van der Waals surface area contributed by atoms with Gasteiger partial charge in [0.05, 0.1) is 28.8 Å². The number of aliphatic hydroxyl groups is 1. The van der Waals surface area contributed by atoms with Crippen LogP contribution in [0.1, 0.15) is 88.4 Å². The number of ketones is 1. The molecule has 2 fully saturated rings. The number of amides is 1. The smallest absolute Gasteiger partial charge is 0.315 e. The number of nitrogens with zero attached hydrogens (tertiary/aromatic N) is 2. The van der Waals surface area contributed by atoms with E-state index < -0.39 is 5.78 Å². The van der Waals surface area contributed by atoms with Gasteiger partial charge >= 0.3 is 5.91 Å². The van der Waals surface area contributed by atoms with E-state index >= 15 is 0 Å². The van der Waals surface area contributed by atoms with Gasteiger partial charge in [0.25, 0.3) is 5.56 Å². The number of aromatic nitrogens is 2. The molecule has 0 spiro atoms. The molecule has 0 saturated heterocycles. The lowest BCUT2D eigenvalue weighted by Crippen LogP contribution is -2.83. The lowest BCUT2D eigenvalue weighted by atomic mass is 9.80. The summed E-state index contributed by atoms with van der Waals surface area (Å²) >= 11 is 0. The molecule has 3 aliphatic carbocycles. The van der Waals surface area contributed by atoms with Gasteiger partial charge in [0.1, 0.15) is 11.3 Å². The Kier molecular flexibility index (Phi) is 5.18. The Balaban J connectivity index is 1.50. The number of nitrogens with one attached hydrogen (secondary N) is 2. The maximum atomic E-state index is 13.2. The number of H-pyrrole nitrogens is 1. The maximum Gasteiger partial charge on any atom is 0.315 e. The molecule has 0 aromatic carbocycles. The quantitative estimate of drug-likeness (QED) is 0.624. The first kappa shape index (κ1) is 21.0. The third-order valence-electron chi connectivity index (χ3n) is 7.50. The van der Waals surface area contributed by atoms with E-state index in [-0.39, 0.29) is 51.6 Å². The third-order valence-corrected chi connectivity index (χ3v) is 7.50. The number of hydrogen-bond acceptors (Lipinski definition) is 4. The highest BCUT2D eigenvalue weighted by Crippen LogP contribution is 2.39. The van der Waals surface area contributed by atoms with Crippen LogP contribution >= 0.6 is 0 Å². The minimum atomic E-state index is -0.438. The van der Waals surface area contributed by atoms with Crippen LogP contribution in [-0.2, 0) is 9.59 Å². The Labute approximate surface area is 186 Å². The largest absolute Gasteiger partial charge is 0.506 e. The van der Waals surface area contributed by atoms with Crippen molar-refractivity contribution < 1.29 is 19.8 Å². The average molecular weight is 440 g/mol. The Morgan fingerprint density at radius 1 is 0.844 bits per heavy atom.